The number of benzene rings is 2. The second-order valence-electron chi connectivity index (χ2n) is 6.92. The maximum atomic E-state index is 10.7. The average molecular weight is 445 g/mol. The third-order valence-corrected chi connectivity index (χ3v) is 5.46. The highest BCUT2D eigenvalue weighted by Gasteiger charge is 2.18. The number of hydrogen-bond acceptors (Lipinski definition) is 9. The summed E-state index contributed by atoms with van der Waals surface area (Å²) < 4.78 is 0. The third kappa shape index (κ3) is 6.48. The van der Waals surface area contributed by atoms with E-state index >= 15 is 0 Å². The Balaban J connectivity index is 0.000000303. The molecule has 0 aromatic heterocycles. The molecule has 0 spiro atoms. The predicted octanol–water partition coefficient (Wildman–Crippen LogP) is 5.42. The van der Waals surface area contributed by atoms with Crippen LogP contribution in [0.1, 0.15) is 50.7 Å². The Kier molecular flexibility index (Phi) is 9.31. The number of anilines is 3. The minimum absolute atomic E-state index is 0.135. The number of thiocyanates is 2. The molecule has 0 amide bonds. The number of rotatable bonds is 5. The van der Waals surface area contributed by atoms with Gasteiger partial charge >= 0.3 is 0 Å². The molecular formula is C20H24N6O2S2. The van der Waals surface area contributed by atoms with Crippen molar-refractivity contribution in [2.75, 3.05) is 17.2 Å². The van der Waals surface area contributed by atoms with Gasteiger partial charge in [0.1, 0.15) is 16.5 Å². The van der Waals surface area contributed by atoms with Crippen molar-refractivity contribution < 1.29 is 4.92 Å². The molecule has 158 valence electrons. The van der Waals surface area contributed by atoms with Gasteiger partial charge in [0.05, 0.1) is 16.3 Å². The molecule has 2 aromatic carbocycles. The van der Waals surface area contributed by atoms with Gasteiger partial charge in [0.15, 0.2) is 0 Å². The first-order valence-electron chi connectivity index (χ1n) is 8.91. The van der Waals surface area contributed by atoms with Crippen molar-refractivity contribution in [3.05, 3.63) is 45.5 Å². The van der Waals surface area contributed by atoms with Crippen molar-refractivity contribution in [1.82, 2.24) is 0 Å². The second kappa shape index (κ2) is 11.2. The van der Waals surface area contributed by atoms with E-state index < -0.39 is 4.92 Å². The minimum Gasteiger partial charge on any atom is -0.397 e. The maximum absolute atomic E-state index is 10.7. The lowest BCUT2D eigenvalue weighted by Gasteiger charge is -2.12. The lowest BCUT2D eigenvalue weighted by molar-refractivity contribution is -0.384. The molecule has 2 aromatic rings. The first-order valence-corrected chi connectivity index (χ1v) is 10.5. The number of nitrogens with zero attached hydrogens (tertiary/aromatic N) is 3. The number of nitrogen functional groups attached to an aromatic ring is 3. The predicted molar refractivity (Wildman–Crippen MR) is 124 cm³/mol. The molecule has 0 bridgehead atoms. The monoisotopic (exact) mass is 444 g/mol. The van der Waals surface area contributed by atoms with E-state index in [2.05, 4.69) is 13.8 Å². The second-order valence-corrected chi connectivity index (χ2v) is 8.57. The van der Waals surface area contributed by atoms with Gasteiger partial charge in [-0.3, -0.25) is 10.1 Å². The molecule has 0 fully saturated rings. The van der Waals surface area contributed by atoms with E-state index in [1.807, 2.05) is 30.7 Å². The smallest absolute Gasteiger partial charge is 0.293 e. The van der Waals surface area contributed by atoms with E-state index in [1.165, 1.54) is 6.07 Å². The highest BCUT2D eigenvalue weighted by Crippen LogP contribution is 2.35. The molecule has 0 unspecified atom stereocenters. The lowest BCUT2D eigenvalue weighted by atomic mass is 10.0. The summed E-state index contributed by atoms with van der Waals surface area (Å²) in [7, 11) is 0. The van der Waals surface area contributed by atoms with Gasteiger partial charge < -0.3 is 17.2 Å². The molecule has 0 radical (unpaired) electrons. The molecule has 30 heavy (non-hydrogen) atoms. The summed E-state index contributed by atoms with van der Waals surface area (Å²) in [5.74, 6) is 0.507. The van der Waals surface area contributed by atoms with Gasteiger partial charge in [-0.1, -0.05) is 27.7 Å². The van der Waals surface area contributed by atoms with Crippen LogP contribution in [0.15, 0.2) is 34.1 Å². The van der Waals surface area contributed by atoms with E-state index in [9.17, 15) is 10.1 Å². The number of nitriles is 2. The van der Waals surface area contributed by atoms with Crippen LogP contribution in [-0.2, 0) is 0 Å². The van der Waals surface area contributed by atoms with Gasteiger partial charge in [-0.25, -0.2) is 0 Å². The molecule has 2 rings (SSSR count). The zero-order valence-electron chi connectivity index (χ0n) is 17.2. The lowest BCUT2D eigenvalue weighted by Crippen LogP contribution is -2.00. The normalized spacial score (nSPS) is 10.1. The van der Waals surface area contributed by atoms with Gasteiger partial charge in [-0.05, 0) is 64.7 Å². The van der Waals surface area contributed by atoms with Gasteiger partial charge in [-0.15, -0.1) is 0 Å². The van der Waals surface area contributed by atoms with Gasteiger partial charge in [0.25, 0.3) is 5.69 Å². The van der Waals surface area contributed by atoms with Crippen LogP contribution >= 0.6 is 23.5 Å². The van der Waals surface area contributed by atoms with Crippen LogP contribution in [0.25, 0.3) is 0 Å². The Hall–Kier alpha value is -3.08. The molecular weight excluding hydrogens is 420 g/mol. The fraction of sp³-hybridized carbons (Fsp3) is 0.300. The van der Waals surface area contributed by atoms with Crippen LogP contribution in [0, 0.1) is 31.4 Å². The van der Waals surface area contributed by atoms with Crippen molar-refractivity contribution in [2.24, 2.45) is 0 Å². The van der Waals surface area contributed by atoms with Crippen LogP contribution in [0.2, 0.25) is 0 Å². The summed E-state index contributed by atoms with van der Waals surface area (Å²) in [5, 5.41) is 31.9. The summed E-state index contributed by atoms with van der Waals surface area (Å²) in [6.45, 7) is 8.02. The summed E-state index contributed by atoms with van der Waals surface area (Å²) >= 11 is 2.04. The van der Waals surface area contributed by atoms with Crippen LogP contribution in [-0.4, -0.2) is 4.92 Å². The largest absolute Gasteiger partial charge is 0.397 e. The first-order chi connectivity index (χ1) is 14.0. The Morgan fingerprint density at radius 3 is 1.63 bits per heavy atom. The Labute approximate surface area is 184 Å². The van der Waals surface area contributed by atoms with Crippen molar-refractivity contribution in [3.8, 4) is 10.8 Å². The number of nitro benzene ring substituents is 1. The Bertz CT molecular complexity index is 1010. The summed E-state index contributed by atoms with van der Waals surface area (Å²) in [5.41, 5.74) is 20.0. The molecule has 6 N–H and O–H groups in total. The molecule has 0 saturated carbocycles. The molecule has 0 saturated heterocycles. The van der Waals surface area contributed by atoms with E-state index in [1.54, 1.807) is 12.1 Å². The van der Waals surface area contributed by atoms with E-state index in [0.717, 1.165) is 39.5 Å². The van der Waals surface area contributed by atoms with Crippen molar-refractivity contribution in [1.29, 1.82) is 10.5 Å². The Morgan fingerprint density at radius 2 is 1.23 bits per heavy atom. The zero-order valence-corrected chi connectivity index (χ0v) is 18.8. The van der Waals surface area contributed by atoms with Crippen molar-refractivity contribution in [2.45, 2.75) is 49.3 Å². The number of thioether (sulfide) groups is 2. The van der Waals surface area contributed by atoms with Gasteiger partial charge in [0, 0.05) is 15.9 Å². The Morgan fingerprint density at radius 1 is 0.833 bits per heavy atom. The third-order valence-electron chi connectivity index (χ3n) is 4.13. The average Bonchev–Trinajstić information content (AvgIpc) is 2.66. The van der Waals surface area contributed by atoms with E-state index in [-0.39, 0.29) is 17.3 Å². The summed E-state index contributed by atoms with van der Waals surface area (Å²) in [6.07, 6.45) is 0. The first kappa shape index (κ1) is 25.0. The topological polar surface area (TPSA) is 169 Å². The molecule has 0 heterocycles. The van der Waals surface area contributed by atoms with E-state index in [4.69, 9.17) is 27.7 Å². The highest BCUT2D eigenvalue weighted by molar-refractivity contribution is 8.04. The molecule has 0 aliphatic rings. The number of nitrogens with two attached hydrogens (primary N) is 3. The maximum Gasteiger partial charge on any atom is 0.293 e. The van der Waals surface area contributed by atoms with Gasteiger partial charge in [0.2, 0.25) is 0 Å². The standard InChI is InChI=1S/C10H11N3O2S.C10H13N3S/c1-6(2)7-3-8(12)9(13(14)15)4-10(7)16-5-11;1-6(2)7-3-8(12)9(13)4-10(7)14-5-11/h3-4,6H,12H2,1-2H3;3-4,6H,12-13H2,1-2H3. The van der Waals surface area contributed by atoms with Crippen LogP contribution in [0.5, 0.6) is 0 Å². The fourth-order valence-corrected chi connectivity index (χ4v) is 3.95. The van der Waals surface area contributed by atoms with Crippen molar-refractivity contribution >= 4 is 46.3 Å². The minimum atomic E-state index is -0.541. The number of nitro groups is 1. The SMILES string of the molecule is CC(C)c1cc(N)c(N)cc1SC#N.CC(C)c1cc(N)c([N+](=O)[O-])cc1SC#N. The molecule has 10 heteroatoms. The molecule has 0 atom stereocenters. The zero-order chi connectivity index (χ0) is 23.0. The summed E-state index contributed by atoms with van der Waals surface area (Å²) in [4.78, 5) is 11.6. The van der Waals surface area contributed by atoms with Crippen molar-refractivity contribution in [3.63, 3.8) is 0 Å². The molecule has 8 nitrogen and oxygen atoms in total. The molecule has 0 aliphatic carbocycles. The van der Waals surface area contributed by atoms with Crippen LogP contribution in [0.3, 0.4) is 0 Å². The van der Waals surface area contributed by atoms with Crippen LogP contribution in [0.4, 0.5) is 22.7 Å². The molecule has 0 aliphatic heterocycles. The van der Waals surface area contributed by atoms with E-state index in [0.29, 0.717) is 22.2 Å². The van der Waals surface area contributed by atoms with Gasteiger partial charge in [-0.2, -0.15) is 10.5 Å². The fourth-order valence-electron chi connectivity index (χ4n) is 2.57. The highest BCUT2D eigenvalue weighted by atomic mass is 32.2. The number of hydrogen-bond donors (Lipinski definition) is 3. The quantitative estimate of drug-likeness (QED) is 0.179. The van der Waals surface area contributed by atoms with Crippen LogP contribution < -0.4 is 17.2 Å². The summed E-state index contributed by atoms with van der Waals surface area (Å²) in [6, 6.07) is 6.54.